The van der Waals surface area contributed by atoms with E-state index in [1.54, 1.807) is 24.3 Å². The summed E-state index contributed by atoms with van der Waals surface area (Å²) in [5.74, 6) is -1.18. The van der Waals surface area contributed by atoms with Gasteiger partial charge < -0.3 is 5.11 Å². The molecule has 1 aliphatic heterocycles. The van der Waals surface area contributed by atoms with Crippen LogP contribution in [-0.2, 0) is 4.79 Å². The molecule has 2 atom stereocenters. The van der Waals surface area contributed by atoms with Crippen molar-refractivity contribution >= 4 is 29.2 Å². The van der Waals surface area contributed by atoms with E-state index >= 15 is 0 Å². The summed E-state index contributed by atoms with van der Waals surface area (Å²) in [6, 6.07) is 10.5. The highest BCUT2D eigenvalue weighted by atomic mass is 35.5. The van der Waals surface area contributed by atoms with Crippen LogP contribution in [0.15, 0.2) is 42.5 Å². The van der Waals surface area contributed by atoms with Crippen LogP contribution >= 0.6 is 23.2 Å². The summed E-state index contributed by atoms with van der Waals surface area (Å²) in [7, 11) is 0. The molecule has 126 valence electrons. The van der Waals surface area contributed by atoms with Crippen molar-refractivity contribution in [1.29, 1.82) is 0 Å². The molecule has 1 aliphatic rings. The molecule has 2 aromatic rings. The molecular weight excluding hydrogens is 352 g/mol. The molecular formula is C18H16Cl2FNO2. The van der Waals surface area contributed by atoms with Gasteiger partial charge in [0.15, 0.2) is 0 Å². The number of carbonyl (C=O) groups is 1. The van der Waals surface area contributed by atoms with Gasteiger partial charge in [0.1, 0.15) is 11.9 Å². The summed E-state index contributed by atoms with van der Waals surface area (Å²) in [6.45, 7) is 0.652. The van der Waals surface area contributed by atoms with Gasteiger partial charge in [-0.25, -0.2) is 4.39 Å². The van der Waals surface area contributed by atoms with Crippen LogP contribution in [0, 0.1) is 5.82 Å². The van der Waals surface area contributed by atoms with Gasteiger partial charge >= 0.3 is 5.97 Å². The van der Waals surface area contributed by atoms with E-state index in [1.807, 2.05) is 11.0 Å². The molecule has 0 spiro atoms. The first kappa shape index (κ1) is 17.2. The zero-order valence-electron chi connectivity index (χ0n) is 12.8. The highest BCUT2D eigenvalue weighted by molar-refractivity contribution is 6.42. The highest BCUT2D eigenvalue weighted by Gasteiger charge is 2.36. The number of likely N-dealkylation sites (tertiary alicyclic amines) is 1. The molecule has 0 bridgehead atoms. The number of carboxylic acid groups (broad SMARTS) is 1. The third-order valence-corrected chi connectivity index (χ3v) is 5.10. The molecule has 2 aromatic carbocycles. The van der Waals surface area contributed by atoms with E-state index in [0.29, 0.717) is 23.0 Å². The number of carboxylic acids is 1. The molecule has 0 unspecified atom stereocenters. The first-order chi connectivity index (χ1) is 11.5. The number of aliphatic carboxylic acids is 1. The zero-order valence-corrected chi connectivity index (χ0v) is 14.3. The Morgan fingerprint density at radius 1 is 1.12 bits per heavy atom. The number of benzene rings is 2. The van der Waals surface area contributed by atoms with Gasteiger partial charge in [-0.15, -0.1) is 0 Å². The van der Waals surface area contributed by atoms with Gasteiger partial charge in [0, 0.05) is 6.54 Å². The van der Waals surface area contributed by atoms with Crippen LogP contribution in [-0.4, -0.2) is 28.6 Å². The standard InChI is InChI=1S/C18H16Cl2FNO2/c19-14-8-5-12(10-15(14)20)17(11-3-6-13(21)7-4-11)22-9-1-2-16(22)18(23)24/h3-8,10,16-17H,1-2,9H2,(H,23,24)/t16-,17+/m0/s1. The number of hydrogen-bond acceptors (Lipinski definition) is 2. The topological polar surface area (TPSA) is 40.5 Å². The Kier molecular flexibility index (Phi) is 5.09. The molecule has 24 heavy (non-hydrogen) atoms. The fourth-order valence-electron chi connectivity index (χ4n) is 3.27. The van der Waals surface area contributed by atoms with Crippen molar-refractivity contribution in [2.24, 2.45) is 0 Å². The quantitative estimate of drug-likeness (QED) is 0.845. The lowest BCUT2D eigenvalue weighted by molar-refractivity contribution is -0.142. The van der Waals surface area contributed by atoms with Crippen LogP contribution in [0.5, 0.6) is 0 Å². The van der Waals surface area contributed by atoms with Crippen LogP contribution in [0.3, 0.4) is 0 Å². The minimum Gasteiger partial charge on any atom is -0.480 e. The van der Waals surface area contributed by atoms with Crippen molar-refractivity contribution in [3.63, 3.8) is 0 Å². The summed E-state index contributed by atoms with van der Waals surface area (Å²) in [5, 5.41) is 10.4. The minimum atomic E-state index is -0.848. The second-order valence-electron chi connectivity index (χ2n) is 5.86. The minimum absolute atomic E-state index is 0.316. The SMILES string of the molecule is O=C(O)[C@@H]1CCCN1[C@H](c1ccc(F)cc1)c1ccc(Cl)c(Cl)c1. The van der Waals surface area contributed by atoms with Gasteiger partial charge in [-0.3, -0.25) is 9.69 Å². The van der Waals surface area contributed by atoms with Crippen LogP contribution in [0.1, 0.15) is 30.0 Å². The van der Waals surface area contributed by atoms with Gasteiger partial charge in [-0.05, 0) is 48.2 Å². The summed E-state index contributed by atoms with van der Waals surface area (Å²) in [6.07, 6.45) is 1.39. The second-order valence-corrected chi connectivity index (χ2v) is 6.68. The number of rotatable bonds is 4. The summed E-state index contributed by atoms with van der Waals surface area (Å²) < 4.78 is 13.3. The van der Waals surface area contributed by atoms with Gasteiger partial charge in [0.25, 0.3) is 0 Å². The number of nitrogens with zero attached hydrogens (tertiary/aromatic N) is 1. The van der Waals surface area contributed by atoms with E-state index in [9.17, 15) is 14.3 Å². The van der Waals surface area contributed by atoms with Crippen molar-refractivity contribution in [2.45, 2.75) is 24.9 Å². The molecule has 1 fully saturated rings. The largest absolute Gasteiger partial charge is 0.480 e. The number of halogens is 3. The third-order valence-electron chi connectivity index (χ3n) is 4.36. The Morgan fingerprint density at radius 2 is 1.79 bits per heavy atom. The van der Waals surface area contributed by atoms with E-state index in [0.717, 1.165) is 17.5 Å². The van der Waals surface area contributed by atoms with E-state index in [1.165, 1.54) is 12.1 Å². The third kappa shape index (κ3) is 3.41. The predicted molar refractivity (Wildman–Crippen MR) is 92.1 cm³/mol. The summed E-state index contributed by atoms with van der Waals surface area (Å²) in [4.78, 5) is 13.5. The molecule has 1 heterocycles. The van der Waals surface area contributed by atoms with Crippen LogP contribution in [0.25, 0.3) is 0 Å². The monoisotopic (exact) mass is 367 g/mol. The van der Waals surface area contributed by atoms with Gasteiger partial charge in [-0.1, -0.05) is 41.4 Å². The molecule has 0 aliphatic carbocycles. The van der Waals surface area contributed by atoms with E-state index in [4.69, 9.17) is 23.2 Å². The lowest BCUT2D eigenvalue weighted by atomic mass is 9.96. The molecule has 1 N–H and O–H groups in total. The Morgan fingerprint density at radius 3 is 2.42 bits per heavy atom. The maximum atomic E-state index is 13.3. The summed E-state index contributed by atoms with van der Waals surface area (Å²) >= 11 is 12.2. The van der Waals surface area contributed by atoms with Gasteiger partial charge in [-0.2, -0.15) is 0 Å². The Labute approximate surface area is 149 Å². The lowest BCUT2D eigenvalue weighted by Gasteiger charge is -2.32. The first-order valence-electron chi connectivity index (χ1n) is 7.66. The molecule has 0 amide bonds. The maximum absolute atomic E-state index is 13.3. The molecule has 0 aromatic heterocycles. The first-order valence-corrected chi connectivity index (χ1v) is 8.42. The van der Waals surface area contributed by atoms with Crippen LogP contribution < -0.4 is 0 Å². The van der Waals surface area contributed by atoms with E-state index in [2.05, 4.69) is 0 Å². The molecule has 1 saturated heterocycles. The Hall–Kier alpha value is -1.62. The van der Waals surface area contributed by atoms with E-state index in [-0.39, 0.29) is 11.9 Å². The average molecular weight is 368 g/mol. The van der Waals surface area contributed by atoms with Crippen LogP contribution in [0.2, 0.25) is 10.0 Å². The van der Waals surface area contributed by atoms with Crippen molar-refractivity contribution in [3.05, 3.63) is 69.5 Å². The highest BCUT2D eigenvalue weighted by Crippen LogP contribution is 2.37. The average Bonchev–Trinajstić information content (AvgIpc) is 3.02. The summed E-state index contributed by atoms with van der Waals surface area (Å²) in [5.41, 5.74) is 1.66. The zero-order chi connectivity index (χ0) is 17.3. The van der Waals surface area contributed by atoms with Gasteiger partial charge in [0.2, 0.25) is 0 Å². The van der Waals surface area contributed by atoms with Crippen molar-refractivity contribution in [3.8, 4) is 0 Å². The Bertz CT molecular complexity index is 751. The molecule has 3 rings (SSSR count). The normalized spacial score (nSPS) is 19.4. The smallest absolute Gasteiger partial charge is 0.320 e. The van der Waals surface area contributed by atoms with Crippen molar-refractivity contribution in [2.75, 3.05) is 6.54 Å². The molecule has 3 nitrogen and oxygen atoms in total. The fraction of sp³-hybridized carbons (Fsp3) is 0.278. The predicted octanol–water partition coefficient (Wildman–Crippen LogP) is 4.77. The molecule has 0 radical (unpaired) electrons. The van der Waals surface area contributed by atoms with Crippen LogP contribution in [0.4, 0.5) is 4.39 Å². The van der Waals surface area contributed by atoms with Gasteiger partial charge in [0.05, 0.1) is 16.1 Å². The van der Waals surface area contributed by atoms with Crippen molar-refractivity contribution in [1.82, 2.24) is 4.90 Å². The fourth-order valence-corrected chi connectivity index (χ4v) is 3.57. The van der Waals surface area contributed by atoms with E-state index < -0.39 is 12.0 Å². The Balaban J connectivity index is 2.08. The van der Waals surface area contributed by atoms with Crippen molar-refractivity contribution < 1.29 is 14.3 Å². The second kappa shape index (κ2) is 7.09. The maximum Gasteiger partial charge on any atom is 0.320 e. The molecule has 6 heteroatoms. The lowest BCUT2D eigenvalue weighted by Crippen LogP contribution is -2.39. The number of hydrogen-bond donors (Lipinski definition) is 1. The molecule has 0 saturated carbocycles.